The Bertz CT molecular complexity index is 3250. The number of hydrogen-bond acceptors (Lipinski definition) is 11. The van der Waals surface area contributed by atoms with Crippen LogP contribution in [0.5, 0.6) is 11.5 Å². The number of phenolic OH excluding ortho intramolecular Hbond substituents is 1. The molecule has 14 nitrogen and oxygen atoms in total. The second kappa shape index (κ2) is 22.3. The number of nitriles is 2. The number of amides is 3. The van der Waals surface area contributed by atoms with E-state index >= 15 is 0 Å². The molecule has 2 saturated carbocycles. The molecule has 14 heteroatoms. The molecule has 5 aromatic carbocycles. The van der Waals surface area contributed by atoms with Crippen molar-refractivity contribution in [3.63, 3.8) is 0 Å². The number of carbonyl (C=O) groups is 5. The summed E-state index contributed by atoms with van der Waals surface area (Å²) in [5.74, 6) is 0.445. The fourth-order valence-corrected chi connectivity index (χ4v) is 12.7. The number of hydrogen-bond donors (Lipinski definition) is 2. The van der Waals surface area contributed by atoms with Gasteiger partial charge in [0.25, 0.3) is 0 Å². The number of aromatic hydroxyl groups is 1. The van der Waals surface area contributed by atoms with Crippen LogP contribution in [0.2, 0.25) is 0 Å². The third kappa shape index (κ3) is 11.4. The molecule has 8 atom stereocenters. The lowest BCUT2D eigenvalue weighted by molar-refractivity contribution is -0.126. The summed E-state index contributed by atoms with van der Waals surface area (Å²) in [4.78, 5) is 68.9. The van der Waals surface area contributed by atoms with E-state index in [0.717, 1.165) is 94.4 Å². The lowest BCUT2D eigenvalue weighted by atomic mass is 9.87. The number of ether oxygens (including phenoxy) is 2. The number of benzene rings is 5. The highest BCUT2D eigenvalue weighted by Gasteiger charge is 2.52. The van der Waals surface area contributed by atoms with Crippen LogP contribution in [0.25, 0.3) is 22.3 Å². The maximum Gasteiger partial charge on any atom is 0.411 e. The first kappa shape index (κ1) is 53.6. The lowest BCUT2D eigenvalue weighted by Crippen LogP contribution is -2.51. The molecule has 11 rings (SSSR count). The predicted octanol–water partition coefficient (Wildman–Crippen LogP) is 10.2. The summed E-state index contributed by atoms with van der Waals surface area (Å²) in [6.45, 7) is 5.83. The Morgan fingerprint density at radius 1 is 0.692 bits per heavy atom. The Morgan fingerprint density at radius 3 is 1.83 bits per heavy atom. The molecule has 4 bridgehead atoms. The number of fused-ring (bicyclic) bond motifs is 6. The van der Waals surface area contributed by atoms with Gasteiger partial charge < -0.3 is 29.7 Å². The van der Waals surface area contributed by atoms with Gasteiger partial charge >= 0.3 is 6.09 Å². The summed E-state index contributed by atoms with van der Waals surface area (Å²) < 4.78 is 12.1. The van der Waals surface area contributed by atoms with E-state index in [1.807, 2.05) is 118 Å². The van der Waals surface area contributed by atoms with E-state index < -0.39 is 29.6 Å². The van der Waals surface area contributed by atoms with Gasteiger partial charge in [-0.15, -0.1) is 0 Å². The number of ketones is 2. The Morgan fingerprint density at radius 2 is 1.26 bits per heavy atom. The SMILES string of the molecule is CN1C(=O)Cc2ccc(-c3ccc(CC(C#N)CC(=O)[C@@H]4[C@H]5CC[C@H](C5)N4C(=O)OC(C)(C)C)c(OCc4ccccc4)c3)cc21.CN1C(=O)Cc2ccc(-c3ccc(CC(C#N)CC(=O)[C@H]4N[C@@H]5CC[C@H]4C5)c(O)c3)cc21. The van der Waals surface area contributed by atoms with Gasteiger partial charge in [-0.05, 0) is 158 Å². The summed E-state index contributed by atoms with van der Waals surface area (Å²) in [7, 11) is 3.57. The largest absolute Gasteiger partial charge is 0.508 e. The van der Waals surface area contributed by atoms with Gasteiger partial charge in [-0.2, -0.15) is 10.5 Å². The van der Waals surface area contributed by atoms with Crippen LogP contribution in [0.1, 0.15) is 100.0 Å². The highest BCUT2D eigenvalue weighted by molar-refractivity contribution is 6.02. The van der Waals surface area contributed by atoms with Crippen molar-refractivity contribution >= 4 is 40.8 Å². The molecule has 4 aliphatic heterocycles. The van der Waals surface area contributed by atoms with E-state index in [-0.39, 0.29) is 60.0 Å². The van der Waals surface area contributed by atoms with Crippen LogP contribution in [0.3, 0.4) is 0 Å². The molecule has 4 fully saturated rings. The molecule has 6 aliphatic rings. The number of nitrogens with one attached hydrogen (secondary N) is 1. The Labute approximate surface area is 456 Å². The molecule has 5 aromatic rings. The first-order valence-electron chi connectivity index (χ1n) is 27.5. The molecule has 0 radical (unpaired) electrons. The van der Waals surface area contributed by atoms with Crippen molar-refractivity contribution in [3.05, 3.63) is 131 Å². The van der Waals surface area contributed by atoms with Crippen molar-refractivity contribution in [1.29, 1.82) is 10.5 Å². The zero-order chi connectivity index (χ0) is 55.0. The smallest absolute Gasteiger partial charge is 0.411 e. The van der Waals surface area contributed by atoms with Gasteiger partial charge in [0.1, 0.15) is 23.7 Å². The number of piperidine rings is 2. The van der Waals surface area contributed by atoms with Gasteiger partial charge in [-0.1, -0.05) is 78.9 Å². The average Bonchev–Trinajstić information content (AvgIpc) is 4.39. The number of likely N-dealkylation sites (N-methyl/N-ethyl adjacent to an activating group) is 2. The van der Waals surface area contributed by atoms with Crippen molar-refractivity contribution < 1.29 is 38.6 Å². The first-order valence-corrected chi connectivity index (χ1v) is 27.5. The maximum absolute atomic E-state index is 13.8. The molecule has 2 aliphatic carbocycles. The van der Waals surface area contributed by atoms with Crippen LogP contribution in [-0.4, -0.2) is 83.3 Å². The van der Waals surface area contributed by atoms with Crippen LogP contribution in [0, 0.1) is 46.3 Å². The number of carbonyl (C=O) groups excluding carboxylic acids is 5. The van der Waals surface area contributed by atoms with Crippen molar-refractivity contribution in [2.75, 3.05) is 23.9 Å². The molecule has 2 saturated heterocycles. The standard InChI is InChI=1S/C38H41N3O5.C26H27N3O3/c1-38(2,3)46-37(44)41-31-15-14-30(18-31)36(41)33(42)17-25(22-39)16-29-13-11-27(20-34(29)45-23-24-8-6-5-7-9-24)26-10-12-28-21-35(43)40(4)32(28)19-26;1-29-22-11-16(2-4-18(22)13-25(29)32)17-3-5-19(23(30)12-17)8-15(14-27)9-24(31)26-20-6-7-21(10-20)28-26/h5-13,19-20,25,30-31,36H,14-18,21,23H2,1-4H3;2-5,11-12,15,20-21,26,28,30H,6-10,13H2,1H3/t25?,30-,31+,36-;15?,20-,21+,26-/m00/s1. The van der Waals surface area contributed by atoms with Crippen LogP contribution >= 0.6 is 0 Å². The van der Waals surface area contributed by atoms with Crippen LogP contribution < -0.4 is 19.9 Å². The quantitative estimate of drug-likeness (QED) is 0.101. The number of phenols is 1. The number of rotatable bonds is 15. The monoisotopic (exact) mass is 1050 g/mol. The zero-order valence-corrected chi connectivity index (χ0v) is 45.2. The van der Waals surface area contributed by atoms with E-state index in [9.17, 15) is 39.6 Å². The molecule has 3 amide bonds. The molecule has 0 aromatic heterocycles. The minimum Gasteiger partial charge on any atom is -0.508 e. The summed E-state index contributed by atoms with van der Waals surface area (Å²) in [5.41, 5.74) is 9.34. The fraction of sp³-hybridized carbons (Fsp3) is 0.422. The first-order chi connectivity index (χ1) is 37.4. The maximum atomic E-state index is 13.8. The summed E-state index contributed by atoms with van der Waals surface area (Å²) in [5, 5.41) is 33.9. The summed E-state index contributed by atoms with van der Waals surface area (Å²) >= 11 is 0. The number of anilines is 2. The topological polar surface area (TPSA) is 193 Å². The number of likely N-dealkylation sites (tertiary alicyclic amines) is 1. The van der Waals surface area contributed by atoms with Gasteiger partial charge in [-0.25, -0.2) is 4.79 Å². The molecule has 78 heavy (non-hydrogen) atoms. The summed E-state index contributed by atoms with van der Waals surface area (Å²) in [6, 6.07) is 37.6. The molecule has 2 unspecified atom stereocenters. The van der Waals surface area contributed by atoms with Gasteiger partial charge in [0, 0.05) is 50.4 Å². The molecule has 0 spiro atoms. The van der Waals surface area contributed by atoms with Crippen LogP contribution in [-0.2, 0) is 56.2 Å². The third-order valence-corrected chi connectivity index (χ3v) is 16.8. The van der Waals surface area contributed by atoms with E-state index in [2.05, 4.69) is 17.5 Å². The van der Waals surface area contributed by atoms with Crippen molar-refractivity contribution in [2.24, 2.45) is 23.7 Å². The van der Waals surface area contributed by atoms with E-state index in [1.165, 1.54) is 0 Å². The fourth-order valence-electron chi connectivity index (χ4n) is 12.7. The number of nitrogens with zero attached hydrogens (tertiary/aromatic N) is 5. The molecule has 402 valence electrons. The highest BCUT2D eigenvalue weighted by atomic mass is 16.6. The van der Waals surface area contributed by atoms with Crippen LogP contribution in [0.4, 0.5) is 16.2 Å². The Hall–Kier alpha value is -7.81. The minimum absolute atomic E-state index is 0.0111. The van der Waals surface area contributed by atoms with Gasteiger partial charge in [0.2, 0.25) is 11.8 Å². The Balaban J connectivity index is 0.000000188. The lowest BCUT2D eigenvalue weighted by Gasteiger charge is -2.35. The van der Waals surface area contributed by atoms with Crippen molar-refractivity contribution in [3.8, 4) is 45.9 Å². The second-order valence-electron chi connectivity index (χ2n) is 23.3. The van der Waals surface area contributed by atoms with Gasteiger partial charge in [0.15, 0.2) is 11.6 Å². The third-order valence-electron chi connectivity index (χ3n) is 16.8. The van der Waals surface area contributed by atoms with Crippen molar-refractivity contribution in [2.45, 2.75) is 134 Å². The molecule has 4 heterocycles. The minimum atomic E-state index is -0.656. The predicted molar refractivity (Wildman–Crippen MR) is 296 cm³/mol. The number of Topliss-reactive ketones (excluding diaryl/α,β-unsaturated/α-hetero) is 2. The summed E-state index contributed by atoms with van der Waals surface area (Å²) in [6.07, 6.45) is 7.22. The van der Waals surface area contributed by atoms with E-state index in [4.69, 9.17) is 9.47 Å². The average molecular weight is 1050 g/mol. The van der Waals surface area contributed by atoms with Crippen LogP contribution in [0.15, 0.2) is 103 Å². The van der Waals surface area contributed by atoms with Gasteiger partial charge in [0.05, 0.1) is 48.9 Å². The van der Waals surface area contributed by atoms with E-state index in [1.54, 1.807) is 34.9 Å². The zero-order valence-electron chi connectivity index (χ0n) is 45.2. The second-order valence-corrected chi connectivity index (χ2v) is 23.3. The van der Waals surface area contributed by atoms with E-state index in [0.29, 0.717) is 55.6 Å². The highest BCUT2D eigenvalue weighted by Crippen LogP contribution is 2.45. The molecule has 2 N–H and O–H groups in total. The van der Waals surface area contributed by atoms with Gasteiger partial charge in [-0.3, -0.25) is 24.1 Å². The van der Waals surface area contributed by atoms with Crippen molar-refractivity contribution in [1.82, 2.24) is 10.2 Å². The normalized spacial score (nSPS) is 22.3. The Kier molecular flexibility index (Phi) is 15.3. The molecular formula is C64H68N6O8. The molecular weight excluding hydrogens is 981 g/mol.